The molecule has 0 saturated carbocycles. The summed E-state index contributed by atoms with van der Waals surface area (Å²) in [6, 6.07) is 18.6. The SMILES string of the molecule is C[NH+](C)CC[c-]1cccc1.[Fe].[cH-]1[cH-][cH-][cH-][cH-]1. The van der Waals surface area contributed by atoms with Crippen LogP contribution in [0.1, 0.15) is 5.56 Å². The Bertz CT molecular complexity index is 291. The Balaban J connectivity index is 0.000000318. The van der Waals surface area contributed by atoms with E-state index in [0.29, 0.717) is 0 Å². The first kappa shape index (κ1) is 15.2. The average molecular weight is 258 g/mol. The maximum atomic E-state index is 2.18. The van der Waals surface area contributed by atoms with E-state index in [9.17, 15) is 0 Å². The molecule has 2 aromatic carbocycles. The van der Waals surface area contributed by atoms with Gasteiger partial charge >= 0.3 is 0 Å². The largest absolute Gasteiger partial charge is 0.748 e. The molecular formula is C14H20FeN-5. The summed E-state index contributed by atoms with van der Waals surface area (Å²) in [7, 11) is 4.37. The Hall–Kier alpha value is -0.821. The van der Waals surface area contributed by atoms with Crippen LogP contribution in [0.3, 0.4) is 0 Å². The molecule has 0 fully saturated rings. The topological polar surface area (TPSA) is 4.44 Å². The first-order chi connectivity index (χ1) is 7.29. The fourth-order valence-corrected chi connectivity index (χ4v) is 1.30. The Labute approximate surface area is 109 Å². The normalized spacial score (nSPS) is 9.19. The third kappa shape index (κ3) is 7.47. The summed E-state index contributed by atoms with van der Waals surface area (Å²) in [5.74, 6) is 0. The minimum Gasteiger partial charge on any atom is -0.748 e. The molecule has 1 N–H and O–H groups in total. The van der Waals surface area contributed by atoms with Crippen molar-refractivity contribution in [2.75, 3.05) is 20.6 Å². The van der Waals surface area contributed by atoms with Crippen molar-refractivity contribution in [3.05, 3.63) is 60.2 Å². The minimum absolute atomic E-state index is 0. The average Bonchev–Trinajstić information content (AvgIpc) is 2.91. The molecular weight excluding hydrogens is 238 g/mol. The summed E-state index contributed by atoms with van der Waals surface area (Å²) >= 11 is 0. The number of hydrogen-bond acceptors (Lipinski definition) is 0. The van der Waals surface area contributed by atoms with Crippen LogP contribution in [0, 0.1) is 0 Å². The molecule has 0 amide bonds. The number of rotatable bonds is 3. The molecule has 0 bridgehead atoms. The van der Waals surface area contributed by atoms with Gasteiger partial charge in [-0.1, -0.05) is 0 Å². The van der Waals surface area contributed by atoms with Gasteiger partial charge in [-0.05, 0) is 6.42 Å². The molecule has 0 radical (unpaired) electrons. The summed E-state index contributed by atoms with van der Waals surface area (Å²) in [6.07, 6.45) is 1.20. The van der Waals surface area contributed by atoms with Crippen molar-refractivity contribution in [1.29, 1.82) is 0 Å². The smallest absolute Gasteiger partial charge is 0.0701 e. The van der Waals surface area contributed by atoms with E-state index < -0.39 is 0 Å². The molecule has 0 aromatic heterocycles. The van der Waals surface area contributed by atoms with Crippen LogP contribution in [0.4, 0.5) is 0 Å². The first-order valence-corrected chi connectivity index (χ1v) is 5.45. The fourth-order valence-electron chi connectivity index (χ4n) is 1.30. The molecule has 0 atom stereocenters. The second-order valence-corrected chi connectivity index (χ2v) is 3.96. The van der Waals surface area contributed by atoms with Gasteiger partial charge in [-0.2, -0.15) is 17.7 Å². The van der Waals surface area contributed by atoms with Crippen LogP contribution in [-0.2, 0) is 23.5 Å². The second-order valence-electron chi connectivity index (χ2n) is 3.96. The monoisotopic (exact) mass is 258 g/mol. The van der Waals surface area contributed by atoms with Crippen LogP contribution in [0.5, 0.6) is 0 Å². The third-order valence-electron chi connectivity index (χ3n) is 2.20. The van der Waals surface area contributed by atoms with E-state index in [4.69, 9.17) is 0 Å². The van der Waals surface area contributed by atoms with Crippen molar-refractivity contribution >= 4 is 0 Å². The number of nitrogens with one attached hydrogen (secondary N) is 1. The molecule has 16 heavy (non-hydrogen) atoms. The van der Waals surface area contributed by atoms with Gasteiger partial charge in [0.15, 0.2) is 0 Å². The van der Waals surface area contributed by atoms with Crippen LogP contribution < -0.4 is 4.90 Å². The van der Waals surface area contributed by atoms with Crippen LogP contribution in [0.2, 0.25) is 0 Å². The van der Waals surface area contributed by atoms with Crippen LogP contribution in [0.15, 0.2) is 54.6 Å². The zero-order valence-electron chi connectivity index (χ0n) is 9.96. The molecule has 2 heteroatoms. The predicted molar refractivity (Wildman–Crippen MR) is 65.5 cm³/mol. The van der Waals surface area contributed by atoms with E-state index in [0.717, 1.165) is 0 Å². The molecule has 2 rings (SSSR count). The van der Waals surface area contributed by atoms with Gasteiger partial charge in [-0.3, -0.25) is 0 Å². The molecule has 1 nitrogen and oxygen atoms in total. The van der Waals surface area contributed by atoms with Crippen molar-refractivity contribution in [3.8, 4) is 0 Å². The zero-order valence-corrected chi connectivity index (χ0v) is 11.1. The van der Waals surface area contributed by atoms with Gasteiger partial charge in [0.1, 0.15) is 0 Å². The quantitative estimate of drug-likeness (QED) is 0.628. The molecule has 0 heterocycles. The standard InChI is InChI=1S/C9H14N.C5H5.Fe/c1-10(2)8-7-9-5-3-4-6-9;1-2-4-5-3-1;/h3-6H,7-8H2,1-2H3;1-5H;/q-1;-5;/p+1. The second kappa shape index (κ2) is 9.41. The van der Waals surface area contributed by atoms with E-state index in [1.165, 1.54) is 23.4 Å². The van der Waals surface area contributed by atoms with Gasteiger partial charge in [0.25, 0.3) is 0 Å². The molecule has 0 aliphatic heterocycles. The Morgan fingerprint density at radius 1 is 0.938 bits per heavy atom. The van der Waals surface area contributed by atoms with E-state index >= 15 is 0 Å². The predicted octanol–water partition coefficient (Wildman–Crippen LogP) is 1.50. The molecule has 0 unspecified atom stereocenters. The maximum Gasteiger partial charge on any atom is 0.0701 e. The molecule has 94 valence electrons. The number of hydrogen-bond donors (Lipinski definition) is 1. The van der Waals surface area contributed by atoms with Gasteiger partial charge in [-0.25, -0.2) is 12.1 Å². The van der Waals surface area contributed by atoms with E-state index in [1.54, 1.807) is 0 Å². The Morgan fingerprint density at radius 3 is 1.75 bits per heavy atom. The van der Waals surface area contributed by atoms with Crippen molar-refractivity contribution < 1.29 is 22.0 Å². The summed E-state index contributed by atoms with van der Waals surface area (Å²) in [6.45, 7) is 1.23. The molecule has 0 spiro atoms. The van der Waals surface area contributed by atoms with Crippen molar-refractivity contribution in [2.24, 2.45) is 0 Å². The molecule has 0 aliphatic rings. The third-order valence-corrected chi connectivity index (χ3v) is 2.20. The van der Waals surface area contributed by atoms with Crippen LogP contribution in [0.25, 0.3) is 0 Å². The van der Waals surface area contributed by atoms with Crippen LogP contribution >= 0.6 is 0 Å². The van der Waals surface area contributed by atoms with E-state index in [2.05, 4.69) is 38.4 Å². The van der Waals surface area contributed by atoms with Crippen molar-refractivity contribution in [2.45, 2.75) is 6.42 Å². The Kier molecular flexibility index (Phi) is 8.93. The fraction of sp³-hybridized carbons (Fsp3) is 0.286. The molecule has 0 aliphatic carbocycles. The van der Waals surface area contributed by atoms with Crippen molar-refractivity contribution in [3.63, 3.8) is 0 Å². The van der Waals surface area contributed by atoms with E-state index in [-0.39, 0.29) is 17.1 Å². The molecule has 0 saturated heterocycles. The van der Waals surface area contributed by atoms with Crippen molar-refractivity contribution in [1.82, 2.24) is 0 Å². The maximum absolute atomic E-state index is 2.18. The number of likely N-dealkylation sites (N-methyl/N-ethyl adjacent to an activating group) is 1. The summed E-state index contributed by atoms with van der Waals surface area (Å²) in [5.41, 5.74) is 1.46. The summed E-state index contributed by atoms with van der Waals surface area (Å²) in [4.78, 5) is 1.52. The van der Waals surface area contributed by atoms with Gasteiger partial charge in [0.05, 0.1) is 20.6 Å². The van der Waals surface area contributed by atoms with Gasteiger partial charge in [-0.15, -0.1) is 0 Å². The van der Waals surface area contributed by atoms with Crippen LogP contribution in [-0.4, -0.2) is 20.6 Å². The summed E-state index contributed by atoms with van der Waals surface area (Å²) in [5, 5.41) is 0. The van der Waals surface area contributed by atoms with Gasteiger partial charge in [0.2, 0.25) is 0 Å². The summed E-state index contributed by atoms with van der Waals surface area (Å²) < 4.78 is 0. The van der Waals surface area contributed by atoms with Gasteiger partial charge < -0.3 is 35.2 Å². The van der Waals surface area contributed by atoms with E-state index in [1.807, 2.05) is 30.3 Å². The molecule has 2 aromatic rings. The zero-order chi connectivity index (χ0) is 10.9. The first-order valence-electron chi connectivity index (χ1n) is 5.45. The minimum atomic E-state index is 0. The Morgan fingerprint density at radius 2 is 1.38 bits per heavy atom. The van der Waals surface area contributed by atoms with Gasteiger partial charge in [0, 0.05) is 17.1 Å². The number of quaternary nitrogens is 1.